The number of phosphoric ester groups is 2. The average Bonchev–Trinajstić information content (AvgIpc) is 1.23. The Labute approximate surface area is 600 Å². The van der Waals surface area contributed by atoms with Crippen LogP contribution in [0.4, 0.5) is 0 Å². The van der Waals surface area contributed by atoms with Crippen LogP contribution in [0.15, 0.2) is 0 Å². The van der Waals surface area contributed by atoms with Crippen LogP contribution in [0.5, 0.6) is 0 Å². The molecule has 19 heteroatoms. The first-order chi connectivity index (χ1) is 47.2. The second-order valence-corrected chi connectivity index (χ2v) is 32.8. The van der Waals surface area contributed by atoms with Gasteiger partial charge in [-0.05, 0) is 43.4 Å². The van der Waals surface area contributed by atoms with E-state index in [-0.39, 0.29) is 25.7 Å². The Morgan fingerprint density at radius 2 is 0.469 bits per heavy atom. The molecule has 0 aromatic heterocycles. The Bertz CT molecular complexity index is 1900. The van der Waals surface area contributed by atoms with E-state index in [1.807, 2.05) is 0 Å². The summed E-state index contributed by atoms with van der Waals surface area (Å²) in [4.78, 5) is 73.0. The lowest BCUT2D eigenvalue weighted by Crippen LogP contribution is -2.30. The van der Waals surface area contributed by atoms with Crippen molar-refractivity contribution in [2.24, 2.45) is 17.8 Å². The largest absolute Gasteiger partial charge is 0.472 e. The Morgan fingerprint density at radius 1 is 0.276 bits per heavy atom. The summed E-state index contributed by atoms with van der Waals surface area (Å²) in [6, 6.07) is 0. The summed E-state index contributed by atoms with van der Waals surface area (Å²) in [6.45, 7) is 11.9. The zero-order valence-corrected chi connectivity index (χ0v) is 66.0. The van der Waals surface area contributed by atoms with Crippen molar-refractivity contribution in [3.8, 4) is 0 Å². The normalized spacial score (nSPS) is 14.0. The number of unbranched alkanes of at least 4 members (excludes halogenated alkanes) is 45. The minimum Gasteiger partial charge on any atom is -0.462 e. The summed E-state index contributed by atoms with van der Waals surface area (Å²) in [5.74, 6) is 0.169. The SMILES string of the molecule is CCCCCCCCCCCCCCCCCCCCC(=O)O[C@H](COC(=O)CCCCCCCCCCCCCC(C)C)COP(=O)(O)OC[C@@H](O)COP(=O)(O)OC[C@@H](COC(=O)CCCCCCCCCCCCC(C)C)OC(=O)CCCCCCCCCCCCC(C)C. The van der Waals surface area contributed by atoms with Crippen molar-refractivity contribution in [1.29, 1.82) is 0 Å². The van der Waals surface area contributed by atoms with Crippen LogP contribution in [0.3, 0.4) is 0 Å². The number of aliphatic hydroxyl groups is 1. The lowest BCUT2D eigenvalue weighted by molar-refractivity contribution is -0.161. The summed E-state index contributed by atoms with van der Waals surface area (Å²) in [5.41, 5.74) is 0. The van der Waals surface area contributed by atoms with Gasteiger partial charge in [0.05, 0.1) is 26.4 Å². The molecule has 0 rings (SSSR count). The molecule has 0 amide bonds. The standard InChI is InChI=1S/C79H154O17P2/c1-8-9-10-11-12-13-14-15-16-17-18-19-20-23-34-41-48-55-62-78(83)95-74(66-89-76(81)60-53-46-39-32-24-21-22-29-36-43-50-57-70(2)3)68-93-97(85,86)91-64-73(80)65-92-98(87,88)94-69-75(96-79(84)63-56-49-42-35-28-26-31-38-45-52-59-72(6)7)67-90-77(82)61-54-47-40-33-27-25-30-37-44-51-58-71(4)5/h70-75,80H,8-69H2,1-7H3,(H,85,86)(H,87,88)/t73-,74-,75-/m1/s1. The van der Waals surface area contributed by atoms with Crippen molar-refractivity contribution in [1.82, 2.24) is 0 Å². The summed E-state index contributed by atoms with van der Waals surface area (Å²) in [6.07, 6.45) is 56.8. The van der Waals surface area contributed by atoms with Gasteiger partial charge in [-0.2, -0.15) is 0 Å². The van der Waals surface area contributed by atoms with E-state index in [0.29, 0.717) is 25.7 Å². The fourth-order valence-corrected chi connectivity index (χ4v) is 13.7. The van der Waals surface area contributed by atoms with E-state index in [1.165, 1.54) is 218 Å². The quantitative estimate of drug-likeness (QED) is 0.0222. The highest BCUT2D eigenvalue weighted by Gasteiger charge is 2.30. The monoisotopic (exact) mass is 1440 g/mol. The number of aliphatic hydroxyl groups excluding tert-OH is 1. The third-order valence-corrected chi connectivity index (χ3v) is 20.3. The van der Waals surface area contributed by atoms with Gasteiger partial charge < -0.3 is 33.8 Å². The van der Waals surface area contributed by atoms with Crippen LogP contribution < -0.4 is 0 Å². The van der Waals surface area contributed by atoms with E-state index >= 15 is 0 Å². The van der Waals surface area contributed by atoms with Crippen LogP contribution >= 0.6 is 15.6 Å². The molecular weight excluding hydrogens is 1280 g/mol. The van der Waals surface area contributed by atoms with Crippen molar-refractivity contribution in [2.45, 2.75) is 426 Å². The van der Waals surface area contributed by atoms with Crippen molar-refractivity contribution in [3.63, 3.8) is 0 Å². The molecule has 5 atom stereocenters. The van der Waals surface area contributed by atoms with E-state index < -0.39 is 97.5 Å². The van der Waals surface area contributed by atoms with E-state index in [9.17, 15) is 43.2 Å². The molecule has 0 fully saturated rings. The summed E-state index contributed by atoms with van der Waals surface area (Å²) in [7, 11) is -9.92. The van der Waals surface area contributed by atoms with Crippen molar-refractivity contribution in [3.05, 3.63) is 0 Å². The number of carbonyl (C=O) groups is 4. The maximum Gasteiger partial charge on any atom is 0.472 e. The Balaban J connectivity index is 5.26. The van der Waals surface area contributed by atoms with Crippen LogP contribution in [-0.2, 0) is 65.4 Å². The predicted octanol–water partition coefficient (Wildman–Crippen LogP) is 23.4. The molecule has 98 heavy (non-hydrogen) atoms. The van der Waals surface area contributed by atoms with Crippen molar-refractivity contribution < 1.29 is 80.2 Å². The molecule has 0 heterocycles. The molecule has 0 aliphatic heterocycles. The molecule has 2 unspecified atom stereocenters. The van der Waals surface area contributed by atoms with Crippen LogP contribution in [0.25, 0.3) is 0 Å². The molecule has 0 radical (unpaired) electrons. The van der Waals surface area contributed by atoms with Gasteiger partial charge in [-0.25, -0.2) is 9.13 Å². The lowest BCUT2D eigenvalue weighted by atomic mass is 10.0. The average molecular weight is 1440 g/mol. The molecule has 0 aromatic carbocycles. The molecule has 0 aromatic rings. The second kappa shape index (κ2) is 69.4. The smallest absolute Gasteiger partial charge is 0.462 e. The van der Waals surface area contributed by atoms with Crippen LogP contribution in [0.1, 0.15) is 408 Å². The van der Waals surface area contributed by atoms with Crippen molar-refractivity contribution in [2.75, 3.05) is 39.6 Å². The molecule has 0 aliphatic carbocycles. The molecule has 0 saturated carbocycles. The molecule has 0 spiro atoms. The van der Waals surface area contributed by atoms with Crippen LogP contribution in [-0.4, -0.2) is 96.7 Å². The minimum absolute atomic E-state index is 0.106. The second-order valence-electron chi connectivity index (χ2n) is 29.9. The van der Waals surface area contributed by atoms with Gasteiger partial charge >= 0.3 is 39.5 Å². The highest BCUT2D eigenvalue weighted by Crippen LogP contribution is 2.45. The first-order valence-electron chi connectivity index (χ1n) is 40.8. The molecule has 17 nitrogen and oxygen atoms in total. The Morgan fingerprint density at radius 3 is 0.694 bits per heavy atom. The maximum absolute atomic E-state index is 13.1. The van der Waals surface area contributed by atoms with Gasteiger partial charge in [-0.3, -0.25) is 37.3 Å². The zero-order valence-electron chi connectivity index (χ0n) is 64.3. The predicted molar refractivity (Wildman–Crippen MR) is 400 cm³/mol. The van der Waals surface area contributed by atoms with E-state index in [2.05, 4.69) is 48.5 Å². The first kappa shape index (κ1) is 96.1. The zero-order chi connectivity index (χ0) is 72.3. The lowest BCUT2D eigenvalue weighted by Gasteiger charge is -2.21. The molecule has 0 aliphatic rings. The van der Waals surface area contributed by atoms with Crippen LogP contribution in [0.2, 0.25) is 0 Å². The number of carbonyl (C=O) groups excluding carboxylic acids is 4. The number of phosphoric acid groups is 2. The number of esters is 4. The fourth-order valence-electron chi connectivity index (χ4n) is 12.1. The van der Waals surface area contributed by atoms with Gasteiger partial charge in [0.2, 0.25) is 0 Å². The maximum atomic E-state index is 13.1. The van der Waals surface area contributed by atoms with Crippen molar-refractivity contribution >= 4 is 39.5 Å². The fraction of sp³-hybridized carbons (Fsp3) is 0.949. The van der Waals surface area contributed by atoms with Gasteiger partial charge in [0.15, 0.2) is 12.2 Å². The summed E-state index contributed by atoms with van der Waals surface area (Å²) >= 11 is 0. The molecule has 582 valence electrons. The summed E-state index contributed by atoms with van der Waals surface area (Å²) < 4.78 is 68.7. The third-order valence-electron chi connectivity index (χ3n) is 18.4. The Hall–Kier alpha value is -1.94. The third kappa shape index (κ3) is 72.4. The van der Waals surface area contributed by atoms with E-state index in [1.54, 1.807) is 0 Å². The van der Waals surface area contributed by atoms with E-state index in [4.69, 9.17) is 37.0 Å². The number of ether oxygens (including phenoxy) is 4. The van der Waals surface area contributed by atoms with Gasteiger partial charge in [-0.15, -0.1) is 0 Å². The summed E-state index contributed by atoms with van der Waals surface area (Å²) in [5, 5.41) is 10.6. The molecular formula is C79H154O17P2. The van der Waals surface area contributed by atoms with Gasteiger partial charge in [0.25, 0.3) is 0 Å². The molecule has 0 bridgehead atoms. The first-order valence-corrected chi connectivity index (χ1v) is 43.8. The molecule has 3 N–H and O–H groups in total. The number of hydrogen-bond acceptors (Lipinski definition) is 15. The highest BCUT2D eigenvalue weighted by molar-refractivity contribution is 7.47. The van der Waals surface area contributed by atoms with Gasteiger partial charge in [0.1, 0.15) is 19.3 Å². The number of rotatable bonds is 77. The highest BCUT2D eigenvalue weighted by atomic mass is 31.2. The molecule has 0 saturated heterocycles. The topological polar surface area (TPSA) is 237 Å². The number of hydrogen-bond donors (Lipinski definition) is 3. The van der Waals surface area contributed by atoms with Gasteiger partial charge in [-0.1, -0.05) is 357 Å². The minimum atomic E-state index is -4.96. The Kier molecular flexibility index (Phi) is 68.1. The van der Waals surface area contributed by atoms with Gasteiger partial charge in [0, 0.05) is 25.7 Å². The van der Waals surface area contributed by atoms with E-state index in [0.717, 1.165) is 108 Å². The van der Waals surface area contributed by atoms with Crippen LogP contribution in [0, 0.1) is 17.8 Å².